The van der Waals surface area contributed by atoms with E-state index in [4.69, 9.17) is 5.73 Å². The third kappa shape index (κ3) is 3.48. The van der Waals surface area contributed by atoms with Gasteiger partial charge >= 0.3 is 0 Å². The number of nitrogens with one attached hydrogen (secondary N) is 1. The lowest BCUT2D eigenvalue weighted by Crippen LogP contribution is -2.25. The molecule has 20 heavy (non-hydrogen) atoms. The lowest BCUT2D eigenvalue weighted by Gasteiger charge is -2.10. The molecule has 1 amide bonds. The van der Waals surface area contributed by atoms with Gasteiger partial charge in [0.2, 0.25) is 0 Å². The fourth-order valence-electron chi connectivity index (χ4n) is 1.73. The minimum atomic E-state index is -0.0557. The molecule has 0 aliphatic carbocycles. The first-order chi connectivity index (χ1) is 9.61. The van der Waals surface area contributed by atoms with Crippen LogP contribution in [0.25, 0.3) is 0 Å². The molecule has 0 aromatic carbocycles. The summed E-state index contributed by atoms with van der Waals surface area (Å²) in [5.41, 5.74) is 6.38. The van der Waals surface area contributed by atoms with E-state index in [1.807, 2.05) is 37.4 Å². The van der Waals surface area contributed by atoms with Crippen LogP contribution in [0.4, 0.5) is 0 Å². The lowest BCUT2D eigenvalue weighted by atomic mass is 10.2. The van der Waals surface area contributed by atoms with Crippen molar-refractivity contribution in [3.05, 3.63) is 43.8 Å². The van der Waals surface area contributed by atoms with Crippen LogP contribution >= 0.6 is 22.7 Å². The van der Waals surface area contributed by atoms with Gasteiger partial charge in [0.15, 0.2) is 0 Å². The molecular formula is C15H16N2OS2. The first-order valence-electron chi connectivity index (χ1n) is 6.25. The summed E-state index contributed by atoms with van der Waals surface area (Å²) >= 11 is 3.05. The molecule has 5 heteroatoms. The fourth-order valence-corrected chi connectivity index (χ4v) is 3.41. The predicted molar refractivity (Wildman–Crippen MR) is 85.2 cm³/mol. The molecule has 2 aromatic heterocycles. The Bertz CT molecular complexity index is 647. The molecule has 0 fully saturated rings. The summed E-state index contributed by atoms with van der Waals surface area (Å²) in [6.45, 7) is 4.27. The van der Waals surface area contributed by atoms with Gasteiger partial charge in [0, 0.05) is 4.88 Å². The van der Waals surface area contributed by atoms with E-state index in [0.717, 1.165) is 15.3 Å². The second kappa shape index (κ2) is 6.71. The SMILES string of the molecule is Cc1cc(C(=O)NC(C)c2cccs2)sc1C#CCN. The van der Waals surface area contributed by atoms with Gasteiger partial charge in [-0.1, -0.05) is 17.9 Å². The first kappa shape index (κ1) is 14.8. The minimum absolute atomic E-state index is 0.0171. The second-order valence-corrected chi connectivity index (χ2v) is 6.37. The van der Waals surface area contributed by atoms with E-state index >= 15 is 0 Å². The van der Waals surface area contributed by atoms with Crippen LogP contribution in [0.3, 0.4) is 0 Å². The van der Waals surface area contributed by atoms with Crippen molar-refractivity contribution >= 4 is 28.6 Å². The summed E-state index contributed by atoms with van der Waals surface area (Å²) in [5.74, 6) is 5.76. The highest BCUT2D eigenvalue weighted by atomic mass is 32.1. The Kier molecular flexibility index (Phi) is 4.96. The maximum atomic E-state index is 12.2. The Morgan fingerprint density at radius 3 is 3.00 bits per heavy atom. The first-order valence-corrected chi connectivity index (χ1v) is 7.95. The topological polar surface area (TPSA) is 55.1 Å². The molecule has 0 aliphatic heterocycles. The van der Waals surface area contributed by atoms with E-state index in [1.165, 1.54) is 11.3 Å². The Hall–Kier alpha value is -1.61. The van der Waals surface area contributed by atoms with Crippen molar-refractivity contribution in [3.63, 3.8) is 0 Å². The second-order valence-electron chi connectivity index (χ2n) is 4.34. The van der Waals surface area contributed by atoms with Gasteiger partial charge < -0.3 is 11.1 Å². The smallest absolute Gasteiger partial charge is 0.261 e. The molecule has 0 spiro atoms. The fraction of sp³-hybridized carbons (Fsp3) is 0.267. The number of nitrogens with two attached hydrogens (primary N) is 1. The molecule has 2 aromatic rings. The molecule has 0 saturated heterocycles. The van der Waals surface area contributed by atoms with E-state index in [2.05, 4.69) is 17.2 Å². The molecule has 0 saturated carbocycles. The van der Waals surface area contributed by atoms with Crippen molar-refractivity contribution in [1.82, 2.24) is 5.32 Å². The lowest BCUT2D eigenvalue weighted by molar-refractivity contribution is 0.0944. The number of hydrogen-bond acceptors (Lipinski definition) is 4. The monoisotopic (exact) mass is 304 g/mol. The van der Waals surface area contributed by atoms with Crippen LogP contribution in [0.1, 0.15) is 38.0 Å². The van der Waals surface area contributed by atoms with Gasteiger partial charge in [0.05, 0.1) is 22.3 Å². The van der Waals surface area contributed by atoms with Crippen molar-refractivity contribution < 1.29 is 4.79 Å². The molecule has 3 N–H and O–H groups in total. The van der Waals surface area contributed by atoms with Gasteiger partial charge in [-0.25, -0.2) is 0 Å². The number of amides is 1. The summed E-state index contributed by atoms with van der Waals surface area (Å²) in [7, 11) is 0. The van der Waals surface area contributed by atoms with Crippen molar-refractivity contribution in [2.45, 2.75) is 19.9 Å². The minimum Gasteiger partial charge on any atom is -0.344 e. The average Bonchev–Trinajstić information content (AvgIpc) is 3.06. The molecular weight excluding hydrogens is 288 g/mol. The quantitative estimate of drug-likeness (QED) is 0.857. The maximum Gasteiger partial charge on any atom is 0.261 e. The summed E-state index contributed by atoms with van der Waals surface area (Å²) in [6, 6.07) is 5.90. The predicted octanol–water partition coefficient (Wildman–Crippen LogP) is 2.92. The Morgan fingerprint density at radius 2 is 2.35 bits per heavy atom. The maximum absolute atomic E-state index is 12.2. The van der Waals surface area contributed by atoms with Gasteiger partial charge in [-0.05, 0) is 36.9 Å². The highest BCUT2D eigenvalue weighted by Gasteiger charge is 2.15. The van der Waals surface area contributed by atoms with Crippen LogP contribution in [0.5, 0.6) is 0 Å². The Morgan fingerprint density at radius 1 is 1.55 bits per heavy atom. The van der Waals surface area contributed by atoms with Crippen LogP contribution in [0, 0.1) is 18.8 Å². The average molecular weight is 304 g/mol. The van der Waals surface area contributed by atoms with Gasteiger partial charge in [0.25, 0.3) is 5.91 Å². The third-order valence-corrected chi connectivity index (χ3v) is 4.97. The zero-order valence-electron chi connectivity index (χ0n) is 11.4. The van der Waals surface area contributed by atoms with Gasteiger partial charge in [-0.15, -0.1) is 22.7 Å². The summed E-state index contributed by atoms with van der Waals surface area (Å²) in [5, 5.41) is 5.01. The zero-order valence-corrected chi connectivity index (χ0v) is 13.0. The van der Waals surface area contributed by atoms with Crippen molar-refractivity contribution in [2.24, 2.45) is 5.73 Å². The van der Waals surface area contributed by atoms with Crippen molar-refractivity contribution in [2.75, 3.05) is 6.54 Å². The van der Waals surface area contributed by atoms with E-state index in [-0.39, 0.29) is 11.9 Å². The third-order valence-electron chi connectivity index (χ3n) is 2.76. The molecule has 104 valence electrons. The molecule has 3 nitrogen and oxygen atoms in total. The van der Waals surface area contributed by atoms with E-state index in [0.29, 0.717) is 11.4 Å². The molecule has 1 unspecified atom stereocenters. The molecule has 2 heterocycles. The van der Waals surface area contributed by atoms with Crippen LogP contribution in [0.2, 0.25) is 0 Å². The Labute approximate surface area is 126 Å². The number of aryl methyl sites for hydroxylation is 1. The van der Waals surface area contributed by atoms with Gasteiger partial charge in [0.1, 0.15) is 0 Å². The molecule has 0 radical (unpaired) electrons. The largest absolute Gasteiger partial charge is 0.344 e. The summed E-state index contributed by atoms with van der Waals surface area (Å²) < 4.78 is 0. The number of carbonyl (C=O) groups is 1. The van der Waals surface area contributed by atoms with Gasteiger partial charge in [-0.3, -0.25) is 4.79 Å². The van der Waals surface area contributed by atoms with E-state index < -0.39 is 0 Å². The number of rotatable bonds is 3. The Balaban J connectivity index is 2.10. The van der Waals surface area contributed by atoms with Crippen molar-refractivity contribution in [3.8, 4) is 11.8 Å². The number of carbonyl (C=O) groups excluding carboxylic acids is 1. The van der Waals surface area contributed by atoms with Crippen LogP contribution in [-0.2, 0) is 0 Å². The molecule has 2 rings (SSSR count). The molecule has 1 atom stereocenters. The standard InChI is InChI=1S/C15H16N2OS2/c1-10-9-14(20-12(10)5-3-7-16)15(18)17-11(2)13-6-4-8-19-13/h4,6,8-9,11H,7,16H2,1-2H3,(H,17,18). The number of hydrogen-bond donors (Lipinski definition) is 2. The van der Waals surface area contributed by atoms with E-state index in [9.17, 15) is 4.79 Å². The highest BCUT2D eigenvalue weighted by molar-refractivity contribution is 7.14. The molecule has 0 aliphatic rings. The summed E-state index contributed by atoms with van der Waals surface area (Å²) in [6.07, 6.45) is 0. The van der Waals surface area contributed by atoms with Crippen LogP contribution in [-0.4, -0.2) is 12.5 Å². The van der Waals surface area contributed by atoms with Crippen LogP contribution < -0.4 is 11.1 Å². The highest BCUT2D eigenvalue weighted by Crippen LogP contribution is 2.23. The number of thiophene rings is 2. The zero-order chi connectivity index (χ0) is 14.5. The van der Waals surface area contributed by atoms with E-state index in [1.54, 1.807) is 11.3 Å². The normalized spacial score (nSPS) is 11.6. The van der Waals surface area contributed by atoms with Gasteiger partial charge in [-0.2, -0.15) is 0 Å². The van der Waals surface area contributed by atoms with Crippen molar-refractivity contribution in [1.29, 1.82) is 0 Å². The molecule has 0 bridgehead atoms. The van der Waals surface area contributed by atoms with Crippen LogP contribution in [0.15, 0.2) is 23.6 Å². The summed E-state index contributed by atoms with van der Waals surface area (Å²) in [4.78, 5) is 15.0.